The number of phenolic OH excluding ortho intramolecular Hbond substituents is 1. The van der Waals surface area contributed by atoms with Crippen molar-refractivity contribution in [3.05, 3.63) is 27.5 Å². The normalized spacial score (nSPS) is 33.2. The summed E-state index contributed by atoms with van der Waals surface area (Å²) in [5.41, 5.74) is -0.898. The van der Waals surface area contributed by atoms with Crippen molar-refractivity contribution < 1.29 is 13.9 Å². The van der Waals surface area contributed by atoms with E-state index in [1.54, 1.807) is 0 Å². The monoisotopic (exact) mass is 334 g/mol. The summed E-state index contributed by atoms with van der Waals surface area (Å²) in [7, 11) is 0. The molecule has 3 fully saturated rings. The fourth-order valence-corrected chi connectivity index (χ4v) is 4.62. The highest BCUT2D eigenvalue weighted by Crippen LogP contribution is 2.61. The molecule has 5 heteroatoms. The Labute approximate surface area is 133 Å². The molecule has 1 aromatic rings. The fraction of sp³-hybridized carbons (Fsp3) is 0.625. The Morgan fingerprint density at radius 1 is 1.14 bits per heavy atom. The standard InChI is InChI=1S/C16H18Cl2F2O/c1-9(12-13(18)10(17)8-11(21)14(12)19)15-2-5-16(20,6-3-15)7-4-15/h8-9,21H,2-7H2,1H3/t9-,15?,16?/m1/s1. The van der Waals surface area contributed by atoms with Gasteiger partial charge in [0.2, 0.25) is 0 Å². The van der Waals surface area contributed by atoms with E-state index in [2.05, 4.69) is 0 Å². The van der Waals surface area contributed by atoms with Crippen LogP contribution < -0.4 is 0 Å². The van der Waals surface area contributed by atoms with Gasteiger partial charge in [-0.25, -0.2) is 8.78 Å². The minimum absolute atomic E-state index is 0.143. The highest BCUT2D eigenvalue weighted by molar-refractivity contribution is 6.42. The summed E-state index contributed by atoms with van der Waals surface area (Å²) in [4.78, 5) is 0. The van der Waals surface area contributed by atoms with Crippen LogP contribution in [0.5, 0.6) is 5.75 Å². The molecule has 3 saturated carbocycles. The van der Waals surface area contributed by atoms with Crippen molar-refractivity contribution in [3.8, 4) is 5.75 Å². The zero-order valence-corrected chi connectivity index (χ0v) is 13.4. The Bertz CT molecular complexity index is 537. The molecule has 1 aromatic carbocycles. The van der Waals surface area contributed by atoms with Crippen LogP contribution in [0.1, 0.15) is 56.9 Å². The van der Waals surface area contributed by atoms with Gasteiger partial charge in [-0.1, -0.05) is 30.1 Å². The molecule has 0 amide bonds. The van der Waals surface area contributed by atoms with Crippen LogP contribution in [0.4, 0.5) is 8.78 Å². The lowest BCUT2D eigenvalue weighted by molar-refractivity contribution is -0.0462. The molecule has 0 spiro atoms. The van der Waals surface area contributed by atoms with Crippen LogP contribution in [-0.2, 0) is 0 Å². The topological polar surface area (TPSA) is 20.2 Å². The average molecular weight is 335 g/mol. The lowest BCUT2D eigenvalue weighted by Gasteiger charge is -2.53. The Balaban J connectivity index is 2.02. The van der Waals surface area contributed by atoms with Gasteiger partial charge in [-0.05, 0) is 49.9 Å². The third-order valence-corrected chi connectivity index (χ3v) is 6.54. The molecule has 0 aromatic heterocycles. The maximum absolute atomic E-state index is 14.4. The molecule has 3 aliphatic rings. The molecular formula is C16H18Cl2F2O. The summed E-state index contributed by atoms with van der Waals surface area (Å²) in [6.45, 7) is 1.91. The Morgan fingerprint density at radius 3 is 2.19 bits per heavy atom. The van der Waals surface area contributed by atoms with Crippen molar-refractivity contribution in [1.29, 1.82) is 0 Å². The Morgan fingerprint density at radius 2 is 1.67 bits per heavy atom. The molecule has 1 nitrogen and oxygen atoms in total. The number of halogens is 4. The third kappa shape index (κ3) is 2.33. The number of hydrogen-bond acceptors (Lipinski definition) is 1. The quantitative estimate of drug-likeness (QED) is 0.657. The van der Waals surface area contributed by atoms with E-state index in [4.69, 9.17) is 23.2 Å². The summed E-state index contributed by atoms with van der Waals surface area (Å²) < 4.78 is 28.7. The zero-order chi connectivity index (χ0) is 15.4. The van der Waals surface area contributed by atoms with Gasteiger partial charge in [-0.2, -0.15) is 0 Å². The highest BCUT2D eigenvalue weighted by Gasteiger charge is 2.52. The van der Waals surface area contributed by atoms with Crippen LogP contribution in [0, 0.1) is 11.2 Å². The lowest BCUT2D eigenvalue weighted by Crippen LogP contribution is -2.45. The number of phenols is 1. The van der Waals surface area contributed by atoms with Crippen molar-refractivity contribution in [2.75, 3.05) is 0 Å². The number of hydrogen-bond donors (Lipinski definition) is 1. The first-order valence-electron chi connectivity index (χ1n) is 7.33. The summed E-state index contributed by atoms with van der Waals surface area (Å²) in [6, 6.07) is 1.13. The molecule has 0 radical (unpaired) electrons. The number of alkyl halides is 1. The van der Waals surface area contributed by atoms with Crippen molar-refractivity contribution in [2.45, 2.75) is 57.0 Å². The molecule has 3 aliphatic carbocycles. The predicted molar refractivity (Wildman–Crippen MR) is 80.5 cm³/mol. The molecule has 21 heavy (non-hydrogen) atoms. The molecule has 0 saturated heterocycles. The summed E-state index contributed by atoms with van der Waals surface area (Å²) in [5.74, 6) is -1.37. The van der Waals surface area contributed by atoms with Gasteiger partial charge in [0.15, 0.2) is 11.6 Å². The van der Waals surface area contributed by atoms with Gasteiger partial charge in [0, 0.05) is 11.6 Å². The largest absolute Gasteiger partial charge is 0.505 e. The van der Waals surface area contributed by atoms with Crippen LogP contribution in [0.3, 0.4) is 0 Å². The van der Waals surface area contributed by atoms with E-state index in [0.717, 1.165) is 25.3 Å². The van der Waals surface area contributed by atoms with Gasteiger partial charge in [-0.3, -0.25) is 0 Å². The lowest BCUT2D eigenvalue weighted by atomic mass is 9.54. The highest BCUT2D eigenvalue weighted by atomic mass is 35.5. The fourth-order valence-electron chi connectivity index (χ4n) is 4.11. The van der Waals surface area contributed by atoms with Gasteiger partial charge in [0.25, 0.3) is 0 Å². The van der Waals surface area contributed by atoms with Crippen LogP contribution in [-0.4, -0.2) is 10.8 Å². The van der Waals surface area contributed by atoms with E-state index in [0.29, 0.717) is 19.3 Å². The SMILES string of the molecule is C[C@H](c1c(F)c(O)cc(Cl)c1Cl)C12CCC(F)(CC1)CC2. The first kappa shape index (κ1) is 15.4. The minimum atomic E-state index is -1.03. The van der Waals surface area contributed by atoms with Gasteiger partial charge < -0.3 is 5.11 Å². The molecule has 2 bridgehead atoms. The molecular weight excluding hydrogens is 317 g/mol. The number of aromatic hydroxyl groups is 1. The minimum Gasteiger partial charge on any atom is -0.505 e. The second-order valence-corrected chi connectivity index (χ2v) is 7.44. The molecule has 0 heterocycles. The van der Waals surface area contributed by atoms with Crippen molar-refractivity contribution >= 4 is 23.2 Å². The smallest absolute Gasteiger partial charge is 0.169 e. The summed E-state index contributed by atoms with van der Waals surface area (Å²) in [5, 5.41) is 10.00. The van der Waals surface area contributed by atoms with Crippen molar-refractivity contribution in [3.63, 3.8) is 0 Å². The van der Waals surface area contributed by atoms with Crippen LogP contribution in [0.15, 0.2) is 6.07 Å². The number of fused-ring (bicyclic) bond motifs is 3. The van der Waals surface area contributed by atoms with Crippen LogP contribution in [0.25, 0.3) is 0 Å². The van der Waals surface area contributed by atoms with Crippen LogP contribution >= 0.6 is 23.2 Å². The van der Waals surface area contributed by atoms with Crippen molar-refractivity contribution in [2.24, 2.45) is 5.41 Å². The second kappa shape index (κ2) is 4.99. The van der Waals surface area contributed by atoms with Gasteiger partial charge in [-0.15, -0.1) is 0 Å². The van der Waals surface area contributed by atoms with E-state index >= 15 is 0 Å². The average Bonchev–Trinajstić information content (AvgIpc) is 2.46. The predicted octanol–water partition coefficient (Wildman–Crippen LogP) is 6.00. The van der Waals surface area contributed by atoms with E-state index in [1.807, 2.05) is 6.92 Å². The van der Waals surface area contributed by atoms with E-state index in [-0.39, 0.29) is 26.9 Å². The molecule has 1 atom stereocenters. The first-order valence-corrected chi connectivity index (χ1v) is 8.09. The zero-order valence-electron chi connectivity index (χ0n) is 11.9. The third-order valence-electron chi connectivity index (χ3n) is 5.74. The van der Waals surface area contributed by atoms with Gasteiger partial charge in [0.05, 0.1) is 10.0 Å². The Kier molecular flexibility index (Phi) is 3.65. The molecule has 0 aliphatic heterocycles. The number of rotatable bonds is 2. The maximum atomic E-state index is 14.4. The van der Waals surface area contributed by atoms with Gasteiger partial charge >= 0.3 is 0 Å². The van der Waals surface area contributed by atoms with E-state index in [9.17, 15) is 13.9 Å². The van der Waals surface area contributed by atoms with E-state index in [1.165, 1.54) is 0 Å². The molecule has 0 unspecified atom stereocenters. The first-order chi connectivity index (χ1) is 9.78. The number of benzene rings is 1. The summed E-state index contributed by atoms with van der Waals surface area (Å²) >= 11 is 12.2. The van der Waals surface area contributed by atoms with E-state index < -0.39 is 17.2 Å². The van der Waals surface area contributed by atoms with Crippen molar-refractivity contribution in [1.82, 2.24) is 0 Å². The maximum Gasteiger partial charge on any atom is 0.169 e. The molecule has 4 rings (SSSR count). The second-order valence-electron chi connectivity index (χ2n) is 6.65. The van der Waals surface area contributed by atoms with Crippen LogP contribution in [0.2, 0.25) is 10.0 Å². The van der Waals surface area contributed by atoms with Gasteiger partial charge in [0.1, 0.15) is 5.67 Å². The molecule has 1 N–H and O–H groups in total. The molecule has 116 valence electrons. The summed E-state index contributed by atoms with van der Waals surface area (Å²) in [6.07, 6.45) is 3.78. The Hall–Kier alpha value is -0.540.